The van der Waals surface area contributed by atoms with Gasteiger partial charge in [-0.2, -0.15) is 5.10 Å². The minimum absolute atomic E-state index is 0.157. The van der Waals surface area contributed by atoms with Crippen molar-refractivity contribution in [3.05, 3.63) is 81.1 Å². The minimum Gasteiger partial charge on any atom is -0.273 e. The van der Waals surface area contributed by atoms with E-state index < -0.39 is 17.8 Å². The van der Waals surface area contributed by atoms with Crippen LogP contribution in [0.15, 0.2) is 48.0 Å². The second kappa shape index (κ2) is 8.09. The summed E-state index contributed by atoms with van der Waals surface area (Å²) in [5.41, 5.74) is 5.37. The molecule has 0 radical (unpaired) electrons. The van der Waals surface area contributed by atoms with E-state index in [-0.39, 0.29) is 11.3 Å². The van der Waals surface area contributed by atoms with Crippen molar-refractivity contribution in [1.82, 2.24) is 15.1 Å². The van der Waals surface area contributed by atoms with Crippen LogP contribution in [0.2, 0.25) is 5.02 Å². The van der Waals surface area contributed by atoms with Gasteiger partial charge >= 0.3 is 6.03 Å². The number of carbonyl (C=O) groups is 3. The highest BCUT2D eigenvalue weighted by atomic mass is 35.5. The Hall–Kier alpha value is -3.71. The third-order valence-corrected chi connectivity index (χ3v) is 5.77. The van der Waals surface area contributed by atoms with Crippen molar-refractivity contribution in [2.45, 2.75) is 27.7 Å². The monoisotopic (exact) mass is 448 g/mol. The Morgan fingerprint density at radius 1 is 0.938 bits per heavy atom. The summed E-state index contributed by atoms with van der Waals surface area (Å²) >= 11 is 6.02. The molecule has 0 bridgehead atoms. The molecule has 4 amide bonds. The van der Waals surface area contributed by atoms with Gasteiger partial charge in [-0.1, -0.05) is 23.7 Å². The molecule has 0 atom stereocenters. The highest BCUT2D eigenvalue weighted by Gasteiger charge is 2.37. The van der Waals surface area contributed by atoms with Crippen LogP contribution in [-0.2, 0) is 9.59 Å². The van der Waals surface area contributed by atoms with Gasteiger partial charge in [-0.25, -0.2) is 14.4 Å². The zero-order valence-corrected chi connectivity index (χ0v) is 18.8. The van der Waals surface area contributed by atoms with Gasteiger partial charge in [0.1, 0.15) is 5.57 Å². The Morgan fingerprint density at radius 2 is 1.69 bits per heavy atom. The fourth-order valence-electron chi connectivity index (χ4n) is 3.62. The Morgan fingerprint density at radius 3 is 2.38 bits per heavy atom. The van der Waals surface area contributed by atoms with Gasteiger partial charge in [0.05, 0.1) is 17.1 Å². The number of imide groups is 2. The maximum atomic E-state index is 13.1. The average molecular weight is 449 g/mol. The molecule has 3 aromatic rings. The second-order valence-electron chi connectivity index (χ2n) is 7.70. The van der Waals surface area contributed by atoms with Crippen LogP contribution in [0.25, 0.3) is 11.8 Å². The maximum Gasteiger partial charge on any atom is 0.335 e. The number of aryl methyl sites for hydroxylation is 3. The number of rotatable bonds is 3. The molecule has 0 spiro atoms. The summed E-state index contributed by atoms with van der Waals surface area (Å²) in [4.78, 5) is 39.0. The molecule has 8 heteroatoms. The van der Waals surface area contributed by atoms with Crippen LogP contribution in [-0.4, -0.2) is 27.6 Å². The molecule has 0 aliphatic carbocycles. The van der Waals surface area contributed by atoms with Crippen molar-refractivity contribution in [2.75, 3.05) is 4.90 Å². The molecule has 0 saturated carbocycles. The Labute approximate surface area is 190 Å². The van der Waals surface area contributed by atoms with Crippen LogP contribution in [0.3, 0.4) is 0 Å². The molecule has 2 aromatic carbocycles. The van der Waals surface area contributed by atoms with Crippen LogP contribution in [0, 0.1) is 27.7 Å². The van der Waals surface area contributed by atoms with Crippen LogP contribution >= 0.6 is 11.6 Å². The van der Waals surface area contributed by atoms with E-state index in [9.17, 15) is 14.4 Å². The summed E-state index contributed by atoms with van der Waals surface area (Å²) in [5.74, 6) is -1.48. The fraction of sp³-hybridized carbons (Fsp3) is 0.167. The molecular formula is C24H21ClN4O3. The summed E-state index contributed by atoms with van der Waals surface area (Å²) < 4.78 is 1.78. The molecule has 1 fully saturated rings. The smallest absolute Gasteiger partial charge is 0.273 e. The summed E-state index contributed by atoms with van der Waals surface area (Å²) in [6.45, 7) is 7.74. The van der Waals surface area contributed by atoms with E-state index in [1.54, 1.807) is 22.9 Å². The van der Waals surface area contributed by atoms with Gasteiger partial charge in [0.25, 0.3) is 11.8 Å². The largest absolute Gasteiger partial charge is 0.335 e. The number of nitrogens with one attached hydrogen (secondary N) is 1. The van der Waals surface area contributed by atoms with E-state index in [1.807, 2.05) is 45.9 Å². The molecule has 1 aromatic heterocycles. The van der Waals surface area contributed by atoms with Crippen LogP contribution in [0.4, 0.5) is 10.5 Å². The quantitative estimate of drug-likeness (QED) is 0.474. The third-order valence-electron chi connectivity index (χ3n) is 5.54. The number of urea groups is 1. The van der Waals surface area contributed by atoms with Gasteiger partial charge in [0.15, 0.2) is 0 Å². The van der Waals surface area contributed by atoms with Crippen molar-refractivity contribution in [1.29, 1.82) is 0 Å². The molecule has 1 saturated heterocycles. The van der Waals surface area contributed by atoms with Gasteiger partial charge < -0.3 is 0 Å². The van der Waals surface area contributed by atoms with Crippen LogP contribution in [0.1, 0.15) is 28.1 Å². The first-order valence-electron chi connectivity index (χ1n) is 9.98. The Bertz CT molecular complexity index is 1320. The highest BCUT2D eigenvalue weighted by molar-refractivity contribution is 6.39. The lowest BCUT2D eigenvalue weighted by molar-refractivity contribution is -0.122. The van der Waals surface area contributed by atoms with Crippen molar-refractivity contribution in [2.24, 2.45) is 0 Å². The van der Waals surface area contributed by atoms with Crippen LogP contribution < -0.4 is 10.2 Å². The number of halogens is 1. The molecule has 0 unspecified atom stereocenters. The van der Waals surface area contributed by atoms with Crippen molar-refractivity contribution >= 4 is 41.2 Å². The molecule has 1 N–H and O–H groups in total. The molecule has 2 heterocycles. The van der Waals surface area contributed by atoms with Gasteiger partial charge in [-0.15, -0.1) is 0 Å². The number of hydrogen-bond acceptors (Lipinski definition) is 4. The first-order valence-corrected chi connectivity index (χ1v) is 10.4. The SMILES string of the molecule is Cc1ccc(-n2nc(C)c(/C=C3/C(=O)NC(=O)N(c4cccc(Cl)c4)C3=O)c2C)cc1C. The van der Waals surface area contributed by atoms with Gasteiger partial charge in [-0.05, 0) is 75.2 Å². The molecule has 32 heavy (non-hydrogen) atoms. The van der Waals surface area contributed by atoms with E-state index in [0.29, 0.717) is 16.3 Å². The summed E-state index contributed by atoms with van der Waals surface area (Å²) in [6.07, 6.45) is 1.48. The maximum absolute atomic E-state index is 13.1. The number of hydrogen-bond donors (Lipinski definition) is 1. The van der Waals surface area contributed by atoms with E-state index in [2.05, 4.69) is 10.4 Å². The average Bonchev–Trinajstić information content (AvgIpc) is 3.01. The van der Waals surface area contributed by atoms with Crippen molar-refractivity contribution in [3.63, 3.8) is 0 Å². The van der Waals surface area contributed by atoms with E-state index in [4.69, 9.17) is 11.6 Å². The van der Waals surface area contributed by atoms with Gasteiger partial charge in [-0.3, -0.25) is 14.9 Å². The predicted molar refractivity (Wildman–Crippen MR) is 123 cm³/mol. The zero-order valence-electron chi connectivity index (χ0n) is 18.1. The predicted octanol–water partition coefficient (Wildman–Crippen LogP) is 4.43. The van der Waals surface area contributed by atoms with E-state index >= 15 is 0 Å². The number of aromatic nitrogens is 2. The molecule has 4 rings (SSSR count). The number of barbiturate groups is 1. The lowest BCUT2D eigenvalue weighted by Gasteiger charge is -2.26. The lowest BCUT2D eigenvalue weighted by atomic mass is 10.1. The Kier molecular flexibility index (Phi) is 5.44. The first kappa shape index (κ1) is 21.5. The van der Waals surface area contributed by atoms with E-state index in [0.717, 1.165) is 21.8 Å². The minimum atomic E-state index is -0.821. The van der Waals surface area contributed by atoms with Crippen molar-refractivity contribution in [3.8, 4) is 5.69 Å². The molecule has 162 valence electrons. The molecule has 7 nitrogen and oxygen atoms in total. The number of carbonyl (C=O) groups excluding carboxylic acids is 3. The van der Waals surface area contributed by atoms with Crippen molar-refractivity contribution < 1.29 is 14.4 Å². The third kappa shape index (κ3) is 3.71. The summed E-state index contributed by atoms with van der Waals surface area (Å²) in [6, 6.07) is 11.5. The molecular weight excluding hydrogens is 428 g/mol. The molecule has 1 aliphatic heterocycles. The summed E-state index contributed by atoms with van der Waals surface area (Å²) in [5, 5.41) is 7.20. The lowest BCUT2D eigenvalue weighted by Crippen LogP contribution is -2.54. The number of benzene rings is 2. The standard InChI is InChI=1S/C24H21ClN4O3/c1-13-8-9-19(10-14(13)2)29-16(4)20(15(3)27-29)12-21-22(30)26-24(32)28(23(21)31)18-7-5-6-17(25)11-18/h5-12H,1-4H3,(H,26,30,32)/b21-12-. The number of nitrogens with zero attached hydrogens (tertiary/aromatic N) is 3. The topological polar surface area (TPSA) is 84.3 Å². The molecule has 1 aliphatic rings. The normalized spacial score (nSPS) is 15.5. The number of anilines is 1. The highest BCUT2D eigenvalue weighted by Crippen LogP contribution is 2.27. The van der Waals surface area contributed by atoms with E-state index in [1.165, 1.54) is 17.7 Å². The second-order valence-corrected chi connectivity index (χ2v) is 8.14. The van der Waals surface area contributed by atoms with Gasteiger partial charge in [0, 0.05) is 16.3 Å². The zero-order chi connectivity index (χ0) is 23.2. The fourth-order valence-corrected chi connectivity index (χ4v) is 3.81. The van der Waals surface area contributed by atoms with Crippen LogP contribution in [0.5, 0.6) is 0 Å². The first-order chi connectivity index (χ1) is 15.2. The number of amides is 4. The van der Waals surface area contributed by atoms with Gasteiger partial charge in [0.2, 0.25) is 0 Å². The summed E-state index contributed by atoms with van der Waals surface area (Å²) in [7, 11) is 0. The Balaban J connectivity index is 1.78.